The van der Waals surface area contributed by atoms with Crippen molar-refractivity contribution in [3.63, 3.8) is 0 Å². The van der Waals surface area contributed by atoms with Gasteiger partial charge < -0.3 is 5.32 Å². The molecule has 2 rings (SSSR count). The molecule has 0 fully saturated rings. The molecule has 2 aromatic rings. The first-order chi connectivity index (χ1) is 9.13. The minimum Gasteiger partial charge on any atom is -0.309 e. The third-order valence-electron chi connectivity index (χ3n) is 3.12. The second-order valence-corrected chi connectivity index (χ2v) is 4.78. The summed E-state index contributed by atoms with van der Waals surface area (Å²) < 4.78 is 15.3. The number of halogens is 2. The highest BCUT2D eigenvalue weighted by Gasteiger charge is 2.17. The molecule has 1 aromatic carbocycles. The first kappa shape index (κ1) is 14.0. The Bertz CT molecular complexity index is 553. The monoisotopic (exact) mass is 281 g/mol. The Kier molecular flexibility index (Phi) is 4.56. The number of hydrogen-bond donors (Lipinski definition) is 1. The van der Waals surface area contributed by atoms with Crippen molar-refractivity contribution in [2.24, 2.45) is 7.05 Å². The summed E-state index contributed by atoms with van der Waals surface area (Å²) in [5.74, 6) is -0.376. The number of hydrogen-bond acceptors (Lipinski definition) is 2. The van der Waals surface area contributed by atoms with Crippen molar-refractivity contribution in [3.05, 3.63) is 52.6 Å². The van der Waals surface area contributed by atoms with Crippen LogP contribution < -0.4 is 5.32 Å². The van der Waals surface area contributed by atoms with Crippen LogP contribution in [0.5, 0.6) is 0 Å². The van der Waals surface area contributed by atoms with Gasteiger partial charge >= 0.3 is 0 Å². The minimum absolute atomic E-state index is 0.0665. The van der Waals surface area contributed by atoms with E-state index in [9.17, 15) is 4.39 Å². The predicted octanol–water partition coefficient (Wildman–Crippen LogP) is 3.11. The van der Waals surface area contributed by atoms with Crippen molar-refractivity contribution in [3.8, 4) is 0 Å². The molecule has 0 spiro atoms. The molecule has 19 heavy (non-hydrogen) atoms. The van der Waals surface area contributed by atoms with Crippen molar-refractivity contribution < 1.29 is 4.39 Å². The molecule has 1 heterocycles. The van der Waals surface area contributed by atoms with Crippen molar-refractivity contribution >= 4 is 11.6 Å². The Morgan fingerprint density at radius 3 is 2.84 bits per heavy atom. The third-order valence-corrected chi connectivity index (χ3v) is 3.55. The second-order valence-electron chi connectivity index (χ2n) is 4.41. The zero-order chi connectivity index (χ0) is 13.8. The molecule has 1 atom stereocenters. The molecule has 0 aliphatic rings. The molecule has 1 unspecified atom stereocenters. The van der Waals surface area contributed by atoms with Gasteiger partial charge in [-0.2, -0.15) is 5.10 Å². The maximum Gasteiger partial charge on any atom is 0.142 e. The first-order valence-electron chi connectivity index (χ1n) is 6.27. The van der Waals surface area contributed by atoms with Gasteiger partial charge in [-0.05, 0) is 30.7 Å². The molecule has 0 aliphatic carbocycles. The van der Waals surface area contributed by atoms with Crippen molar-refractivity contribution in [2.45, 2.75) is 19.4 Å². The quantitative estimate of drug-likeness (QED) is 0.913. The van der Waals surface area contributed by atoms with Crippen molar-refractivity contribution in [2.75, 3.05) is 6.54 Å². The van der Waals surface area contributed by atoms with Gasteiger partial charge in [0.05, 0.1) is 16.8 Å². The standard InChI is InChI=1S/C14H17ClFN3/c1-3-17-12(13-7-8-18-19(13)2)9-10-5-4-6-11(16)14(10)15/h4-8,12,17H,3,9H2,1-2H3. The molecule has 1 aromatic heterocycles. The van der Waals surface area contributed by atoms with Crippen LogP contribution in [-0.4, -0.2) is 16.3 Å². The second kappa shape index (κ2) is 6.17. The zero-order valence-corrected chi connectivity index (χ0v) is 11.8. The summed E-state index contributed by atoms with van der Waals surface area (Å²) in [5.41, 5.74) is 1.86. The summed E-state index contributed by atoms with van der Waals surface area (Å²) in [7, 11) is 1.90. The van der Waals surface area contributed by atoms with E-state index in [0.717, 1.165) is 17.8 Å². The van der Waals surface area contributed by atoms with Gasteiger partial charge in [-0.15, -0.1) is 0 Å². The van der Waals surface area contributed by atoms with Gasteiger partial charge in [0.1, 0.15) is 5.82 Å². The van der Waals surface area contributed by atoms with Crippen LogP contribution in [-0.2, 0) is 13.5 Å². The molecule has 0 amide bonds. The lowest BCUT2D eigenvalue weighted by Crippen LogP contribution is -2.25. The maximum absolute atomic E-state index is 13.5. The molecule has 0 aliphatic heterocycles. The maximum atomic E-state index is 13.5. The van der Waals surface area contributed by atoms with Crippen LogP contribution in [0.2, 0.25) is 5.02 Å². The van der Waals surface area contributed by atoms with E-state index in [0.29, 0.717) is 6.42 Å². The lowest BCUT2D eigenvalue weighted by Gasteiger charge is -2.19. The lowest BCUT2D eigenvalue weighted by atomic mass is 10.0. The van der Waals surface area contributed by atoms with Gasteiger partial charge in [0, 0.05) is 13.2 Å². The molecule has 0 radical (unpaired) electrons. The molecule has 102 valence electrons. The fourth-order valence-corrected chi connectivity index (χ4v) is 2.38. The Labute approximate surface area is 117 Å². The van der Waals surface area contributed by atoms with Crippen molar-refractivity contribution in [1.82, 2.24) is 15.1 Å². The van der Waals surface area contributed by atoms with Gasteiger partial charge in [-0.1, -0.05) is 30.7 Å². The largest absolute Gasteiger partial charge is 0.309 e. The third kappa shape index (κ3) is 3.14. The summed E-state index contributed by atoms with van der Waals surface area (Å²) >= 11 is 6.01. The molecular formula is C14H17ClFN3. The van der Waals surface area contributed by atoms with Crippen LogP contribution in [0.1, 0.15) is 24.2 Å². The Hall–Kier alpha value is -1.39. The molecule has 3 nitrogen and oxygen atoms in total. The van der Waals surface area contributed by atoms with Crippen LogP contribution in [0, 0.1) is 5.82 Å². The highest BCUT2D eigenvalue weighted by molar-refractivity contribution is 6.31. The van der Waals surface area contributed by atoms with E-state index < -0.39 is 0 Å². The van der Waals surface area contributed by atoms with Crippen LogP contribution in [0.25, 0.3) is 0 Å². The van der Waals surface area contributed by atoms with Crippen LogP contribution in [0.4, 0.5) is 4.39 Å². The average Bonchev–Trinajstić information content (AvgIpc) is 2.80. The summed E-state index contributed by atoms with van der Waals surface area (Å²) in [4.78, 5) is 0. The molecular weight excluding hydrogens is 265 g/mol. The number of rotatable bonds is 5. The SMILES string of the molecule is CCNC(Cc1cccc(F)c1Cl)c1ccnn1C. The number of aromatic nitrogens is 2. The summed E-state index contributed by atoms with van der Waals surface area (Å²) in [5, 5.41) is 7.75. The normalized spacial score (nSPS) is 12.6. The van der Waals surface area contributed by atoms with E-state index in [1.54, 1.807) is 12.3 Å². The Morgan fingerprint density at radius 2 is 2.21 bits per heavy atom. The highest BCUT2D eigenvalue weighted by atomic mass is 35.5. The topological polar surface area (TPSA) is 29.9 Å². The molecule has 0 saturated carbocycles. The van der Waals surface area contributed by atoms with E-state index in [1.165, 1.54) is 6.07 Å². The van der Waals surface area contributed by atoms with Crippen LogP contribution in [0.3, 0.4) is 0 Å². The minimum atomic E-state index is -0.376. The smallest absolute Gasteiger partial charge is 0.142 e. The summed E-state index contributed by atoms with van der Waals surface area (Å²) in [6.07, 6.45) is 2.39. The van der Waals surface area contributed by atoms with Gasteiger partial charge in [0.25, 0.3) is 0 Å². The number of benzene rings is 1. The van der Waals surface area contributed by atoms with Gasteiger partial charge in [-0.25, -0.2) is 4.39 Å². The van der Waals surface area contributed by atoms with E-state index in [4.69, 9.17) is 11.6 Å². The molecule has 0 bridgehead atoms. The first-order valence-corrected chi connectivity index (χ1v) is 6.65. The molecule has 1 N–H and O–H groups in total. The zero-order valence-electron chi connectivity index (χ0n) is 11.0. The summed E-state index contributed by atoms with van der Waals surface area (Å²) in [6, 6.07) is 6.94. The van der Waals surface area contributed by atoms with Crippen LogP contribution in [0.15, 0.2) is 30.5 Å². The Morgan fingerprint density at radius 1 is 1.42 bits per heavy atom. The van der Waals surface area contributed by atoms with E-state index >= 15 is 0 Å². The van der Waals surface area contributed by atoms with Gasteiger partial charge in [0.15, 0.2) is 0 Å². The van der Waals surface area contributed by atoms with E-state index in [1.807, 2.05) is 30.8 Å². The van der Waals surface area contributed by atoms with Gasteiger partial charge in [-0.3, -0.25) is 4.68 Å². The fraction of sp³-hybridized carbons (Fsp3) is 0.357. The van der Waals surface area contributed by atoms with E-state index in [2.05, 4.69) is 10.4 Å². The number of nitrogens with one attached hydrogen (secondary N) is 1. The van der Waals surface area contributed by atoms with Gasteiger partial charge in [0.2, 0.25) is 0 Å². The highest BCUT2D eigenvalue weighted by Crippen LogP contribution is 2.25. The number of nitrogens with zero attached hydrogens (tertiary/aromatic N) is 2. The number of aryl methyl sites for hydroxylation is 1. The Balaban J connectivity index is 2.27. The van der Waals surface area contributed by atoms with Crippen molar-refractivity contribution in [1.29, 1.82) is 0 Å². The molecule has 5 heteroatoms. The van der Waals surface area contributed by atoms with Crippen LogP contribution >= 0.6 is 11.6 Å². The predicted molar refractivity (Wildman–Crippen MR) is 74.7 cm³/mol. The lowest BCUT2D eigenvalue weighted by molar-refractivity contribution is 0.506. The summed E-state index contributed by atoms with van der Waals surface area (Å²) in [6.45, 7) is 2.86. The average molecular weight is 282 g/mol. The van der Waals surface area contributed by atoms with E-state index in [-0.39, 0.29) is 16.9 Å². The molecule has 0 saturated heterocycles. The number of likely N-dealkylation sites (N-methyl/N-ethyl adjacent to an activating group) is 1. The fourth-order valence-electron chi connectivity index (χ4n) is 2.18.